The van der Waals surface area contributed by atoms with Crippen molar-refractivity contribution in [3.63, 3.8) is 0 Å². The fourth-order valence-corrected chi connectivity index (χ4v) is 3.31. The van der Waals surface area contributed by atoms with Gasteiger partial charge in [-0.25, -0.2) is 4.98 Å². The summed E-state index contributed by atoms with van der Waals surface area (Å²) in [5.74, 6) is 0.653. The van der Waals surface area contributed by atoms with Gasteiger partial charge in [-0.3, -0.25) is 9.78 Å². The van der Waals surface area contributed by atoms with Gasteiger partial charge in [0.2, 0.25) is 0 Å². The summed E-state index contributed by atoms with van der Waals surface area (Å²) >= 11 is 0. The lowest BCUT2D eigenvalue weighted by atomic mass is 10.1. The first-order valence-electron chi connectivity index (χ1n) is 9.39. The number of nitrogens with one attached hydrogen (secondary N) is 1. The van der Waals surface area contributed by atoms with Crippen molar-refractivity contribution in [1.82, 2.24) is 14.9 Å². The summed E-state index contributed by atoms with van der Waals surface area (Å²) in [6, 6.07) is 11.8. The van der Waals surface area contributed by atoms with Gasteiger partial charge >= 0.3 is 0 Å². The van der Waals surface area contributed by atoms with Crippen molar-refractivity contribution in [3.8, 4) is 0 Å². The van der Waals surface area contributed by atoms with Gasteiger partial charge in [0.15, 0.2) is 0 Å². The Morgan fingerprint density at radius 3 is 2.36 bits per heavy atom. The normalized spacial score (nSPS) is 10.6. The molecule has 28 heavy (non-hydrogen) atoms. The van der Waals surface area contributed by atoms with Gasteiger partial charge in [0.1, 0.15) is 5.82 Å². The maximum Gasteiger partial charge on any atom is 0.253 e. The molecule has 5 heteroatoms. The Balaban J connectivity index is 1.71. The van der Waals surface area contributed by atoms with Crippen molar-refractivity contribution in [2.24, 2.45) is 0 Å². The zero-order valence-electron chi connectivity index (χ0n) is 16.9. The van der Waals surface area contributed by atoms with Crippen molar-refractivity contribution in [2.45, 2.75) is 27.2 Å². The van der Waals surface area contributed by atoms with E-state index < -0.39 is 0 Å². The quantitative estimate of drug-likeness (QED) is 0.692. The number of aryl methyl sites for hydroxylation is 3. The number of carbonyl (C=O) groups excluding carboxylic acids is 1. The SMILES string of the molecule is Cc1cc(C)c(Nc2cc(C(=O)N(C)CCc3ccncc3)ccn2)c(C)c1. The van der Waals surface area contributed by atoms with Crippen LogP contribution in [0.2, 0.25) is 0 Å². The van der Waals surface area contributed by atoms with E-state index in [9.17, 15) is 4.79 Å². The number of pyridine rings is 2. The highest BCUT2D eigenvalue weighted by molar-refractivity contribution is 5.94. The lowest BCUT2D eigenvalue weighted by Gasteiger charge is -2.18. The fourth-order valence-electron chi connectivity index (χ4n) is 3.31. The van der Waals surface area contributed by atoms with Gasteiger partial charge in [-0.05, 0) is 68.1 Å². The maximum atomic E-state index is 12.8. The second kappa shape index (κ2) is 8.65. The van der Waals surface area contributed by atoms with E-state index in [-0.39, 0.29) is 5.91 Å². The molecule has 1 N–H and O–H groups in total. The van der Waals surface area contributed by atoms with Gasteiger partial charge in [-0.1, -0.05) is 17.7 Å². The van der Waals surface area contributed by atoms with Crippen LogP contribution in [0.3, 0.4) is 0 Å². The summed E-state index contributed by atoms with van der Waals surface area (Å²) < 4.78 is 0. The lowest BCUT2D eigenvalue weighted by Crippen LogP contribution is -2.28. The number of hydrogen-bond acceptors (Lipinski definition) is 4. The molecular weight excluding hydrogens is 348 g/mol. The van der Waals surface area contributed by atoms with Gasteiger partial charge in [0.05, 0.1) is 0 Å². The Morgan fingerprint density at radius 2 is 1.68 bits per heavy atom. The van der Waals surface area contributed by atoms with Crippen LogP contribution in [0, 0.1) is 20.8 Å². The standard InChI is InChI=1S/C23H26N4O/c1-16-13-17(2)22(18(3)14-16)26-21-15-20(7-11-25-21)23(28)27(4)12-8-19-5-9-24-10-6-19/h5-7,9-11,13-15H,8,12H2,1-4H3,(H,25,26). The van der Waals surface area contributed by atoms with Crippen molar-refractivity contribution < 1.29 is 4.79 Å². The lowest BCUT2D eigenvalue weighted by molar-refractivity contribution is 0.0796. The van der Waals surface area contributed by atoms with E-state index in [2.05, 4.69) is 48.2 Å². The first kappa shape index (κ1) is 19.5. The predicted octanol–water partition coefficient (Wildman–Crippen LogP) is 4.46. The van der Waals surface area contributed by atoms with Gasteiger partial charge in [0, 0.05) is 43.4 Å². The molecule has 1 aromatic carbocycles. The van der Waals surface area contributed by atoms with E-state index in [0.29, 0.717) is 17.9 Å². The first-order chi connectivity index (χ1) is 13.4. The zero-order chi connectivity index (χ0) is 20.1. The Labute approximate surface area is 166 Å². The molecule has 0 fully saturated rings. The van der Waals surface area contributed by atoms with Crippen LogP contribution in [-0.2, 0) is 6.42 Å². The fraction of sp³-hybridized carbons (Fsp3) is 0.261. The number of nitrogens with zero attached hydrogens (tertiary/aromatic N) is 3. The second-order valence-corrected chi connectivity index (χ2v) is 7.16. The van der Waals surface area contributed by atoms with Gasteiger partial charge < -0.3 is 10.2 Å². The third-order valence-electron chi connectivity index (χ3n) is 4.77. The zero-order valence-corrected chi connectivity index (χ0v) is 16.9. The molecule has 3 aromatic rings. The van der Waals surface area contributed by atoms with Crippen molar-refractivity contribution in [2.75, 3.05) is 18.9 Å². The Hall–Kier alpha value is -3.21. The highest BCUT2D eigenvalue weighted by atomic mass is 16.2. The molecular formula is C23H26N4O. The molecule has 0 saturated heterocycles. The topological polar surface area (TPSA) is 58.1 Å². The van der Waals surface area contributed by atoms with Gasteiger partial charge in [-0.2, -0.15) is 0 Å². The molecule has 0 unspecified atom stereocenters. The minimum atomic E-state index is -0.0168. The minimum absolute atomic E-state index is 0.0168. The molecule has 0 aliphatic heterocycles. The number of carbonyl (C=O) groups is 1. The molecule has 0 aliphatic rings. The molecule has 1 amide bonds. The molecule has 0 saturated carbocycles. The predicted molar refractivity (Wildman–Crippen MR) is 113 cm³/mol. The maximum absolute atomic E-state index is 12.8. The second-order valence-electron chi connectivity index (χ2n) is 7.16. The molecule has 0 atom stereocenters. The molecule has 2 heterocycles. The van der Waals surface area contributed by atoms with E-state index in [1.807, 2.05) is 25.2 Å². The van der Waals surface area contributed by atoms with Crippen molar-refractivity contribution in [1.29, 1.82) is 0 Å². The van der Waals surface area contributed by atoms with Crippen LogP contribution in [0.25, 0.3) is 0 Å². The molecule has 0 aliphatic carbocycles. The molecule has 0 radical (unpaired) electrons. The third kappa shape index (κ3) is 4.74. The monoisotopic (exact) mass is 374 g/mol. The molecule has 0 bridgehead atoms. The summed E-state index contributed by atoms with van der Waals surface area (Å²) in [5.41, 5.74) is 6.37. The summed E-state index contributed by atoms with van der Waals surface area (Å²) in [6.45, 7) is 6.88. The van der Waals surface area contributed by atoms with Crippen LogP contribution in [0.4, 0.5) is 11.5 Å². The number of benzene rings is 1. The smallest absolute Gasteiger partial charge is 0.253 e. The van der Waals surface area contributed by atoms with Gasteiger partial charge in [0.25, 0.3) is 5.91 Å². The average molecular weight is 374 g/mol. The highest BCUT2D eigenvalue weighted by Gasteiger charge is 2.13. The minimum Gasteiger partial charge on any atom is -0.341 e. The number of likely N-dealkylation sites (N-methyl/N-ethyl adjacent to an activating group) is 1. The summed E-state index contributed by atoms with van der Waals surface area (Å²) in [6.07, 6.45) is 6.01. The van der Waals surface area contributed by atoms with Crippen molar-refractivity contribution in [3.05, 3.63) is 82.8 Å². The van der Waals surface area contributed by atoms with Crippen LogP contribution in [-0.4, -0.2) is 34.4 Å². The van der Waals surface area contributed by atoms with Crippen LogP contribution in [0.1, 0.15) is 32.6 Å². The Bertz CT molecular complexity index is 946. The summed E-state index contributed by atoms with van der Waals surface area (Å²) in [7, 11) is 1.82. The summed E-state index contributed by atoms with van der Waals surface area (Å²) in [4.78, 5) is 23.0. The number of rotatable bonds is 6. The summed E-state index contributed by atoms with van der Waals surface area (Å²) in [5, 5.41) is 3.37. The van der Waals surface area contributed by atoms with E-state index in [1.165, 1.54) is 5.56 Å². The highest BCUT2D eigenvalue weighted by Crippen LogP contribution is 2.25. The van der Waals surface area contributed by atoms with E-state index in [0.717, 1.165) is 28.8 Å². The van der Waals surface area contributed by atoms with Crippen LogP contribution in [0.5, 0.6) is 0 Å². The molecule has 3 rings (SSSR count). The number of anilines is 2. The van der Waals surface area contributed by atoms with Crippen molar-refractivity contribution >= 4 is 17.4 Å². The molecule has 5 nitrogen and oxygen atoms in total. The molecule has 2 aromatic heterocycles. The Morgan fingerprint density at radius 1 is 1.00 bits per heavy atom. The van der Waals surface area contributed by atoms with Crippen LogP contribution < -0.4 is 5.32 Å². The van der Waals surface area contributed by atoms with E-state index >= 15 is 0 Å². The van der Waals surface area contributed by atoms with Gasteiger partial charge in [-0.15, -0.1) is 0 Å². The first-order valence-corrected chi connectivity index (χ1v) is 9.39. The number of hydrogen-bond donors (Lipinski definition) is 1. The van der Waals surface area contributed by atoms with Crippen LogP contribution in [0.15, 0.2) is 55.0 Å². The van der Waals surface area contributed by atoms with E-state index in [4.69, 9.17) is 0 Å². The average Bonchev–Trinajstić information content (AvgIpc) is 2.69. The molecule has 144 valence electrons. The Kier molecular flexibility index (Phi) is 6.04. The largest absolute Gasteiger partial charge is 0.341 e. The third-order valence-corrected chi connectivity index (χ3v) is 4.77. The van der Waals surface area contributed by atoms with E-state index in [1.54, 1.807) is 29.6 Å². The number of amides is 1. The molecule has 0 spiro atoms. The number of aromatic nitrogens is 2. The van der Waals surface area contributed by atoms with Crippen LogP contribution >= 0.6 is 0 Å².